The van der Waals surface area contributed by atoms with Gasteiger partial charge >= 0.3 is 12.1 Å². The monoisotopic (exact) mass is 639 g/mol. The summed E-state index contributed by atoms with van der Waals surface area (Å²) >= 11 is 1.35. The normalized spacial score (nSPS) is 12.3. The van der Waals surface area contributed by atoms with Gasteiger partial charge in [-0.15, -0.1) is 0 Å². The van der Waals surface area contributed by atoms with Crippen LogP contribution in [0.2, 0.25) is 0 Å². The van der Waals surface area contributed by atoms with Gasteiger partial charge in [0, 0.05) is 27.8 Å². The molecular formula is C37H28F3NO4S. The third-order valence-corrected chi connectivity index (χ3v) is 8.80. The predicted molar refractivity (Wildman–Crippen MR) is 175 cm³/mol. The summed E-state index contributed by atoms with van der Waals surface area (Å²) in [4.78, 5) is 24.2. The van der Waals surface area contributed by atoms with Crippen LogP contribution in [-0.2, 0) is 27.9 Å². The van der Waals surface area contributed by atoms with Crippen LogP contribution in [0.1, 0.15) is 16.7 Å². The van der Waals surface area contributed by atoms with Crippen molar-refractivity contribution < 1.29 is 32.3 Å². The number of halogens is 3. The molecule has 5 nitrogen and oxygen atoms in total. The first-order valence-corrected chi connectivity index (χ1v) is 15.7. The molecule has 0 spiro atoms. The van der Waals surface area contributed by atoms with Gasteiger partial charge in [-0.3, -0.25) is 4.79 Å². The van der Waals surface area contributed by atoms with Crippen LogP contribution in [-0.4, -0.2) is 28.8 Å². The van der Waals surface area contributed by atoms with Crippen LogP contribution in [0.5, 0.6) is 0 Å². The highest BCUT2D eigenvalue weighted by Crippen LogP contribution is 2.36. The molecule has 6 aromatic rings. The first kappa shape index (κ1) is 31.0. The number of carbonyl (C=O) groups is 2. The van der Waals surface area contributed by atoms with Gasteiger partial charge in [-0.05, 0) is 39.9 Å². The van der Waals surface area contributed by atoms with E-state index >= 15 is 0 Å². The van der Waals surface area contributed by atoms with Gasteiger partial charge in [0.2, 0.25) is 5.91 Å². The lowest BCUT2D eigenvalue weighted by atomic mass is 9.98. The van der Waals surface area contributed by atoms with Gasteiger partial charge in [0.05, 0.1) is 12.0 Å². The van der Waals surface area contributed by atoms with Crippen molar-refractivity contribution in [3.63, 3.8) is 0 Å². The van der Waals surface area contributed by atoms with Crippen LogP contribution in [0.4, 0.5) is 13.2 Å². The van der Waals surface area contributed by atoms with Gasteiger partial charge in [-0.25, -0.2) is 4.79 Å². The van der Waals surface area contributed by atoms with E-state index in [0.717, 1.165) is 61.9 Å². The SMILES string of the molecule is O=C(Cc1cccc(C(F)(F)F)c1)N[C@@H](CSCc1ccc(-c2ccc(-c3cccc4c3oc3ccccc34)cc2)cc1)C(=O)O. The number of alkyl halides is 3. The Bertz CT molecular complexity index is 2020. The van der Waals surface area contributed by atoms with Crippen LogP contribution >= 0.6 is 11.8 Å². The maximum Gasteiger partial charge on any atom is 0.416 e. The standard InChI is InChI=1S/C37H28F3NO4S/c38-37(39,40)28-6-3-5-24(19-28)20-34(42)41-32(36(43)44)22-46-21-23-11-13-25(14-12-23)26-15-17-27(18-16-26)29-8-4-9-31-30-7-1-2-10-33(30)45-35(29)31/h1-19,32H,20-22H2,(H,41,42)(H,43,44)/t32-/m0/s1. The van der Waals surface area contributed by atoms with E-state index in [1.54, 1.807) is 0 Å². The van der Waals surface area contributed by atoms with E-state index in [1.165, 1.54) is 23.9 Å². The number of fused-ring (bicyclic) bond motifs is 3. The number of aliphatic carboxylic acids is 1. The van der Waals surface area contributed by atoms with E-state index in [2.05, 4.69) is 47.8 Å². The summed E-state index contributed by atoms with van der Waals surface area (Å²) in [6, 6.07) is 33.7. The molecule has 1 atom stereocenters. The third kappa shape index (κ3) is 6.94. The average Bonchev–Trinajstić information content (AvgIpc) is 3.43. The number of hydrogen-bond donors (Lipinski definition) is 2. The van der Waals surface area contributed by atoms with Crippen molar-refractivity contribution in [3.05, 3.63) is 132 Å². The smallest absolute Gasteiger partial charge is 0.416 e. The van der Waals surface area contributed by atoms with Gasteiger partial charge in [0.15, 0.2) is 0 Å². The molecule has 1 amide bonds. The maximum atomic E-state index is 13.0. The highest BCUT2D eigenvalue weighted by Gasteiger charge is 2.30. The van der Waals surface area contributed by atoms with Crippen molar-refractivity contribution in [3.8, 4) is 22.3 Å². The molecule has 2 N–H and O–H groups in total. The van der Waals surface area contributed by atoms with Gasteiger partial charge in [0.1, 0.15) is 17.2 Å². The number of amides is 1. The Morgan fingerprint density at radius 2 is 1.41 bits per heavy atom. The molecule has 0 aliphatic heterocycles. The fraction of sp³-hybridized carbons (Fsp3) is 0.135. The van der Waals surface area contributed by atoms with Crippen molar-refractivity contribution in [2.24, 2.45) is 0 Å². The summed E-state index contributed by atoms with van der Waals surface area (Å²) in [5, 5.41) is 14.2. The molecule has 0 bridgehead atoms. The molecule has 1 heterocycles. The molecule has 5 aromatic carbocycles. The first-order valence-electron chi connectivity index (χ1n) is 14.5. The average molecular weight is 640 g/mol. The van der Waals surface area contributed by atoms with Gasteiger partial charge in [-0.2, -0.15) is 24.9 Å². The van der Waals surface area contributed by atoms with Crippen molar-refractivity contribution in [2.45, 2.75) is 24.4 Å². The van der Waals surface area contributed by atoms with Gasteiger partial charge < -0.3 is 14.8 Å². The second-order valence-corrected chi connectivity index (χ2v) is 11.9. The first-order chi connectivity index (χ1) is 22.2. The van der Waals surface area contributed by atoms with Crippen molar-refractivity contribution in [2.75, 3.05) is 5.75 Å². The van der Waals surface area contributed by atoms with E-state index < -0.39 is 29.7 Å². The number of carbonyl (C=O) groups excluding carboxylic acids is 1. The number of nitrogens with one attached hydrogen (secondary N) is 1. The zero-order valence-corrected chi connectivity index (χ0v) is 25.2. The van der Waals surface area contributed by atoms with Gasteiger partial charge in [0.25, 0.3) is 0 Å². The Morgan fingerprint density at radius 1 is 0.761 bits per heavy atom. The lowest BCUT2D eigenvalue weighted by molar-refractivity contribution is -0.141. The van der Waals surface area contributed by atoms with Crippen LogP contribution in [0, 0.1) is 0 Å². The Labute approximate surface area is 267 Å². The molecule has 0 aliphatic carbocycles. The summed E-state index contributed by atoms with van der Waals surface area (Å²) in [6.07, 6.45) is -4.88. The summed E-state index contributed by atoms with van der Waals surface area (Å²) < 4.78 is 45.1. The van der Waals surface area contributed by atoms with E-state index in [1.807, 2.05) is 48.5 Å². The van der Waals surface area contributed by atoms with Crippen molar-refractivity contribution in [1.29, 1.82) is 0 Å². The Kier molecular flexibility index (Phi) is 8.85. The number of benzene rings is 5. The quantitative estimate of drug-likeness (QED) is 0.156. The number of thioether (sulfide) groups is 1. The van der Waals surface area contributed by atoms with Crippen LogP contribution in [0.15, 0.2) is 120 Å². The number of furan rings is 1. The zero-order chi connectivity index (χ0) is 32.3. The molecule has 1 aromatic heterocycles. The minimum Gasteiger partial charge on any atom is -0.480 e. The van der Waals surface area contributed by atoms with Crippen molar-refractivity contribution in [1.82, 2.24) is 5.32 Å². The molecule has 0 unspecified atom stereocenters. The number of para-hydroxylation sites is 2. The van der Waals surface area contributed by atoms with Crippen LogP contribution in [0.3, 0.4) is 0 Å². The number of carboxylic acid groups (broad SMARTS) is 1. The Morgan fingerprint density at radius 3 is 2.13 bits per heavy atom. The topological polar surface area (TPSA) is 79.5 Å². The minimum absolute atomic E-state index is 0.102. The summed E-state index contributed by atoms with van der Waals surface area (Å²) in [5.74, 6) is -1.24. The lowest BCUT2D eigenvalue weighted by Crippen LogP contribution is -2.43. The van der Waals surface area contributed by atoms with E-state index in [-0.39, 0.29) is 17.7 Å². The highest BCUT2D eigenvalue weighted by molar-refractivity contribution is 7.98. The van der Waals surface area contributed by atoms with Gasteiger partial charge in [-0.1, -0.05) is 103 Å². The fourth-order valence-electron chi connectivity index (χ4n) is 5.37. The molecule has 0 saturated heterocycles. The molecule has 0 saturated carbocycles. The third-order valence-electron chi connectivity index (χ3n) is 7.69. The van der Waals surface area contributed by atoms with E-state index in [0.29, 0.717) is 5.75 Å². The van der Waals surface area contributed by atoms with Crippen LogP contribution < -0.4 is 5.32 Å². The number of rotatable bonds is 10. The molecule has 6 rings (SSSR count). The van der Waals surface area contributed by atoms with Crippen LogP contribution in [0.25, 0.3) is 44.2 Å². The summed E-state index contributed by atoms with van der Waals surface area (Å²) in [6.45, 7) is 0. The highest BCUT2D eigenvalue weighted by atomic mass is 32.2. The maximum absolute atomic E-state index is 13.0. The second kappa shape index (κ2) is 13.1. The molecule has 0 fully saturated rings. The molecule has 0 aliphatic rings. The second-order valence-electron chi connectivity index (χ2n) is 10.9. The number of hydrogen-bond acceptors (Lipinski definition) is 4. The Hall–Kier alpha value is -5.02. The van der Waals surface area contributed by atoms with E-state index in [4.69, 9.17) is 4.42 Å². The summed E-state index contributed by atoms with van der Waals surface area (Å²) in [7, 11) is 0. The minimum atomic E-state index is -4.53. The van der Waals surface area contributed by atoms with Crippen molar-refractivity contribution >= 4 is 45.6 Å². The Balaban J connectivity index is 1.05. The molecule has 232 valence electrons. The molecular weight excluding hydrogens is 611 g/mol. The summed E-state index contributed by atoms with van der Waals surface area (Å²) in [5.41, 5.74) is 6.17. The zero-order valence-electron chi connectivity index (χ0n) is 24.4. The number of carboxylic acids is 1. The molecule has 46 heavy (non-hydrogen) atoms. The molecule has 9 heteroatoms. The predicted octanol–water partition coefficient (Wildman–Crippen LogP) is 8.98. The molecule has 0 radical (unpaired) electrons. The largest absolute Gasteiger partial charge is 0.480 e. The van der Waals surface area contributed by atoms with E-state index in [9.17, 15) is 27.9 Å². The fourth-order valence-corrected chi connectivity index (χ4v) is 6.38. The lowest BCUT2D eigenvalue weighted by Gasteiger charge is -2.15.